The van der Waals surface area contributed by atoms with Gasteiger partial charge in [-0.2, -0.15) is 0 Å². The quantitative estimate of drug-likeness (QED) is 0.838. The summed E-state index contributed by atoms with van der Waals surface area (Å²) in [6.07, 6.45) is -0.623. The van der Waals surface area contributed by atoms with Gasteiger partial charge in [0.25, 0.3) is 0 Å². The van der Waals surface area contributed by atoms with Crippen LogP contribution < -0.4 is 0 Å². The van der Waals surface area contributed by atoms with Crippen molar-refractivity contribution in [2.24, 2.45) is 0 Å². The van der Waals surface area contributed by atoms with Crippen LogP contribution in [-0.4, -0.2) is 36.1 Å². The largest absolute Gasteiger partial charge is 0.390 e. The van der Waals surface area contributed by atoms with Gasteiger partial charge in [-0.15, -0.1) is 0 Å². The second kappa shape index (κ2) is 9.11. The summed E-state index contributed by atoms with van der Waals surface area (Å²) in [5.41, 5.74) is 2.20. The molecule has 3 rings (SSSR count). The molecule has 0 radical (unpaired) electrons. The summed E-state index contributed by atoms with van der Waals surface area (Å²) >= 11 is 0. The second-order valence-corrected chi connectivity index (χ2v) is 6.55. The maximum Gasteiger partial charge on any atom is 0.112 e. The predicted molar refractivity (Wildman–Crippen MR) is 96.1 cm³/mol. The van der Waals surface area contributed by atoms with E-state index in [2.05, 4.69) is 0 Å². The third kappa shape index (κ3) is 5.38. The molecule has 0 aromatic heterocycles. The Morgan fingerprint density at radius 1 is 0.960 bits per heavy atom. The molecule has 0 amide bonds. The summed E-state index contributed by atoms with van der Waals surface area (Å²) in [7, 11) is 0. The monoisotopic (exact) mass is 342 g/mol. The Bertz CT molecular complexity index is 616. The van der Waals surface area contributed by atoms with Gasteiger partial charge >= 0.3 is 0 Å². The molecule has 4 atom stereocenters. The van der Waals surface area contributed by atoms with Crippen LogP contribution in [0, 0.1) is 0 Å². The van der Waals surface area contributed by atoms with Crippen LogP contribution in [0.1, 0.15) is 24.5 Å². The molecule has 4 heteroatoms. The van der Waals surface area contributed by atoms with Crippen LogP contribution in [0.15, 0.2) is 60.7 Å². The SMILES string of the molecule is CC1CC(O)C(OCc2ccccc2)C(COCc2ccccc2)O1. The molecule has 4 unspecified atom stereocenters. The lowest BCUT2D eigenvalue weighted by Crippen LogP contribution is -2.50. The van der Waals surface area contributed by atoms with Gasteiger partial charge in [0.2, 0.25) is 0 Å². The molecule has 2 aromatic rings. The Balaban J connectivity index is 1.55. The highest BCUT2D eigenvalue weighted by Crippen LogP contribution is 2.24. The zero-order valence-electron chi connectivity index (χ0n) is 14.6. The number of rotatable bonds is 7. The summed E-state index contributed by atoms with van der Waals surface area (Å²) in [6.45, 7) is 3.35. The first kappa shape index (κ1) is 18.1. The first-order chi connectivity index (χ1) is 12.2. The van der Waals surface area contributed by atoms with E-state index < -0.39 is 6.10 Å². The number of hydrogen-bond acceptors (Lipinski definition) is 4. The molecule has 4 nitrogen and oxygen atoms in total. The number of aliphatic hydroxyl groups excluding tert-OH is 1. The first-order valence-corrected chi connectivity index (χ1v) is 8.83. The van der Waals surface area contributed by atoms with Crippen molar-refractivity contribution in [3.63, 3.8) is 0 Å². The van der Waals surface area contributed by atoms with Gasteiger partial charge in [0.15, 0.2) is 0 Å². The van der Waals surface area contributed by atoms with E-state index in [1.807, 2.05) is 67.6 Å². The fourth-order valence-corrected chi connectivity index (χ4v) is 3.14. The number of aliphatic hydroxyl groups is 1. The summed E-state index contributed by atoms with van der Waals surface area (Å²) in [4.78, 5) is 0. The second-order valence-electron chi connectivity index (χ2n) is 6.55. The van der Waals surface area contributed by atoms with E-state index in [0.717, 1.165) is 11.1 Å². The van der Waals surface area contributed by atoms with Crippen LogP contribution in [-0.2, 0) is 27.4 Å². The molecule has 1 fully saturated rings. The average molecular weight is 342 g/mol. The highest BCUT2D eigenvalue weighted by molar-refractivity contribution is 5.14. The van der Waals surface area contributed by atoms with Crippen LogP contribution in [0.3, 0.4) is 0 Å². The summed E-state index contributed by atoms with van der Waals surface area (Å²) in [5, 5.41) is 10.4. The van der Waals surface area contributed by atoms with Gasteiger partial charge in [0, 0.05) is 6.42 Å². The fourth-order valence-electron chi connectivity index (χ4n) is 3.14. The number of ether oxygens (including phenoxy) is 3. The van der Waals surface area contributed by atoms with Gasteiger partial charge in [0.05, 0.1) is 32.0 Å². The van der Waals surface area contributed by atoms with Crippen molar-refractivity contribution in [2.75, 3.05) is 6.61 Å². The Morgan fingerprint density at radius 3 is 2.20 bits per heavy atom. The van der Waals surface area contributed by atoms with Crippen LogP contribution >= 0.6 is 0 Å². The normalized spacial score (nSPS) is 26.5. The summed E-state index contributed by atoms with van der Waals surface area (Å²) in [5.74, 6) is 0. The summed E-state index contributed by atoms with van der Waals surface area (Å²) < 4.78 is 17.8. The molecule has 0 saturated carbocycles. The molecule has 1 aliphatic heterocycles. The van der Waals surface area contributed by atoms with Crippen LogP contribution in [0.25, 0.3) is 0 Å². The third-order valence-electron chi connectivity index (χ3n) is 4.41. The highest BCUT2D eigenvalue weighted by atomic mass is 16.6. The topological polar surface area (TPSA) is 47.9 Å². The molecule has 0 spiro atoms. The van der Waals surface area contributed by atoms with E-state index in [1.165, 1.54) is 0 Å². The molecule has 1 saturated heterocycles. The molecule has 25 heavy (non-hydrogen) atoms. The highest BCUT2D eigenvalue weighted by Gasteiger charge is 2.37. The van der Waals surface area contributed by atoms with Crippen molar-refractivity contribution in [3.8, 4) is 0 Å². The van der Waals surface area contributed by atoms with Crippen molar-refractivity contribution in [2.45, 2.75) is 51.0 Å². The van der Waals surface area contributed by atoms with Crippen molar-refractivity contribution in [1.29, 1.82) is 0 Å². The van der Waals surface area contributed by atoms with Gasteiger partial charge in [-0.3, -0.25) is 0 Å². The minimum atomic E-state index is -0.544. The first-order valence-electron chi connectivity index (χ1n) is 8.83. The van der Waals surface area contributed by atoms with E-state index in [-0.39, 0.29) is 18.3 Å². The van der Waals surface area contributed by atoms with Crippen molar-refractivity contribution >= 4 is 0 Å². The molecule has 0 aliphatic carbocycles. The van der Waals surface area contributed by atoms with Gasteiger partial charge in [-0.1, -0.05) is 60.7 Å². The van der Waals surface area contributed by atoms with Gasteiger partial charge < -0.3 is 19.3 Å². The minimum absolute atomic E-state index is 0.00287. The molecule has 134 valence electrons. The van der Waals surface area contributed by atoms with Crippen LogP contribution in [0.4, 0.5) is 0 Å². The Hall–Kier alpha value is -1.72. The Kier molecular flexibility index (Phi) is 6.59. The minimum Gasteiger partial charge on any atom is -0.390 e. The Labute approximate surface area is 149 Å². The molecular weight excluding hydrogens is 316 g/mol. The van der Waals surface area contributed by atoms with E-state index in [4.69, 9.17) is 14.2 Å². The third-order valence-corrected chi connectivity index (χ3v) is 4.41. The lowest BCUT2D eigenvalue weighted by molar-refractivity contribution is -0.202. The number of benzene rings is 2. The predicted octanol–water partition coefficient (Wildman–Crippen LogP) is 3.33. The molecule has 2 aromatic carbocycles. The lowest BCUT2D eigenvalue weighted by atomic mass is 9.98. The molecule has 1 aliphatic rings. The van der Waals surface area contributed by atoms with E-state index in [9.17, 15) is 5.11 Å². The zero-order valence-corrected chi connectivity index (χ0v) is 14.6. The summed E-state index contributed by atoms with van der Waals surface area (Å²) in [6, 6.07) is 20.0. The van der Waals surface area contributed by atoms with Crippen molar-refractivity contribution in [1.82, 2.24) is 0 Å². The number of hydrogen-bond donors (Lipinski definition) is 1. The zero-order chi connectivity index (χ0) is 17.5. The molecular formula is C21H26O4. The van der Waals surface area contributed by atoms with Crippen LogP contribution in [0.2, 0.25) is 0 Å². The molecule has 1 heterocycles. The van der Waals surface area contributed by atoms with E-state index >= 15 is 0 Å². The maximum absolute atomic E-state index is 10.4. The molecule has 0 bridgehead atoms. The van der Waals surface area contributed by atoms with E-state index in [1.54, 1.807) is 0 Å². The fraction of sp³-hybridized carbons (Fsp3) is 0.429. The molecule has 1 N–H and O–H groups in total. The van der Waals surface area contributed by atoms with Gasteiger partial charge in [-0.25, -0.2) is 0 Å². The maximum atomic E-state index is 10.4. The van der Waals surface area contributed by atoms with E-state index in [0.29, 0.717) is 26.2 Å². The lowest BCUT2D eigenvalue weighted by Gasteiger charge is -2.38. The Morgan fingerprint density at radius 2 is 1.56 bits per heavy atom. The van der Waals surface area contributed by atoms with Gasteiger partial charge in [0.1, 0.15) is 12.2 Å². The standard InChI is InChI=1S/C21H26O4/c1-16-12-19(22)21(24-14-18-10-6-3-7-11-18)20(25-16)15-23-13-17-8-4-2-5-9-17/h2-11,16,19-22H,12-15H2,1H3. The van der Waals surface area contributed by atoms with Crippen molar-refractivity contribution in [3.05, 3.63) is 71.8 Å². The van der Waals surface area contributed by atoms with Gasteiger partial charge in [-0.05, 0) is 18.1 Å². The van der Waals surface area contributed by atoms with Crippen LogP contribution in [0.5, 0.6) is 0 Å². The average Bonchev–Trinajstić information content (AvgIpc) is 2.62. The van der Waals surface area contributed by atoms with Crippen molar-refractivity contribution < 1.29 is 19.3 Å². The smallest absolute Gasteiger partial charge is 0.112 e.